The van der Waals surface area contributed by atoms with Gasteiger partial charge in [-0.3, -0.25) is 24.7 Å². The van der Waals surface area contributed by atoms with E-state index in [0.29, 0.717) is 36.2 Å². The zero-order valence-electron chi connectivity index (χ0n) is 38.2. The standard InChI is InChI=1S/C51H59ClN8O6S/c1-51(2)22-20-35(44(30-51)33-6-8-36(52)9-7-33)32-57-24-26-58(27-25-57)46-5-3-4-43(48(46)66-41-28-34-21-23-53-49(34)54-31-41)50(61)56-67(64,65)42-18-19-45(47(29-42)60(62)63)55-37-10-12-38(13-11-37)59(39-14-15-39)40-16-17-40/h3-9,18-19,21,23,28-29,31,37-40,55H,10-17,20,22,24-27,30,32H2,1-2H3,(H,53,54)(H,56,61). The highest BCUT2D eigenvalue weighted by Gasteiger charge is 2.44. The molecule has 3 saturated carbocycles. The van der Waals surface area contributed by atoms with Crippen molar-refractivity contribution < 1.29 is 22.9 Å². The zero-order chi connectivity index (χ0) is 46.5. The second kappa shape index (κ2) is 18.5. The molecule has 0 spiro atoms. The number of sulfonamides is 1. The smallest absolute Gasteiger partial charge is 0.293 e. The molecule has 0 bridgehead atoms. The van der Waals surface area contributed by atoms with E-state index in [1.165, 1.54) is 60.6 Å². The SMILES string of the molecule is CC1(C)CCC(CN2CCN(c3cccc(C(=O)NS(=O)(=O)c4ccc(NC5CCC(N(C6CC6)C6CC6)CC5)c([N+](=O)[O-])c4)c3Oc3cnc4[nH]ccc4c3)CC2)=C(c2ccc(Cl)cc2)C1. The lowest BCUT2D eigenvalue weighted by atomic mass is 9.72. The van der Waals surface area contributed by atoms with Gasteiger partial charge in [0.05, 0.1) is 27.3 Å². The summed E-state index contributed by atoms with van der Waals surface area (Å²) in [7, 11) is -4.58. The number of rotatable bonds is 15. The number of fused-ring (bicyclic) bond motifs is 1. The van der Waals surface area contributed by atoms with Crippen molar-refractivity contribution >= 4 is 61.2 Å². The summed E-state index contributed by atoms with van der Waals surface area (Å²) in [4.78, 5) is 40.7. The van der Waals surface area contributed by atoms with Gasteiger partial charge in [-0.15, -0.1) is 0 Å². The molecular weight excluding hydrogens is 888 g/mol. The van der Waals surface area contributed by atoms with Crippen molar-refractivity contribution in [3.8, 4) is 11.5 Å². The van der Waals surface area contributed by atoms with Crippen molar-refractivity contribution in [2.45, 2.75) is 114 Å². The highest BCUT2D eigenvalue weighted by atomic mass is 35.5. The Hall–Kier alpha value is -5.48. The predicted octanol–water partition coefficient (Wildman–Crippen LogP) is 10.2. The van der Waals surface area contributed by atoms with E-state index in [4.69, 9.17) is 16.3 Å². The molecule has 14 nitrogen and oxygen atoms in total. The number of halogens is 1. The molecule has 0 radical (unpaired) electrons. The molecule has 1 aliphatic heterocycles. The number of nitro benzene ring substituents is 1. The van der Waals surface area contributed by atoms with Gasteiger partial charge in [0, 0.05) is 79.6 Å². The number of benzene rings is 3. The van der Waals surface area contributed by atoms with Crippen LogP contribution >= 0.6 is 11.6 Å². The summed E-state index contributed by atoms with van der Waals surface area (Å²) in [6.45, 7) is 8.29. The minimum absolute atomic E-state index is 0.00872. The van der Waals surface area contributed by atoms with Crippen LogP contribution in [-0.4, -0.2) is 95.9 Å². The van der Waals surface area contributed by atoms with Gasteiger partial charge >= 0.3 is 0 Å². The maximum Gasteiger partial charge on any atom is 0.293 e. The first kappa shape index (κ1) is 45.3. The molecule has 10 rings (SSSR count). The van der Waals surface area contributed by atoms with Gasteiger partial charge in [-0.1, -0.05) is 49.2 Å². The second-order valence-corrected chi connectivity index (χ2v) is 22.1. The minimum Gasteiger partial charge on any atom is -0.453 e. The summed E-state index contributed by atoms with van der Waals surface area (Å²) in [5.74, 6) is -0.381. The van der Waals surface area contributed by atoms with E-state index in [1.807, 2.05) is 24.3 Å². The molecule has 3 N–H and O–H groups in total. The Kier molecular flexibility index (Phi) is 12.5. The Labute approximate surface area is 397 Å². The van der Waals surface area contributed by atoms with Gasteiger partial charge in [-0.2, -0.15) is 0 Å². The number of aromatic amines is 1. The summed E-state index contributed by atoms with van der Waals surface area (Å²) in [5.41, 5.74) is 5.46. The summed E-state index contributed by atoms with van der Waals surface area (Å²) in [6, 6.07) is 22.8. The fourth-order valence-electron chi connectivity index (χ4n) is 10.6. The van der Waals surface area contributed by atoms with Crippen molar-refractivity contribution in [3.63, 3.8) is 0 Å². The number of amides is 1. The number of piperazine rings is 1. The van der Waals surface area contributed by atoms with Crippen LogP contribution in [0.4, 0.5) is 17.1 Å². The van der Waals surface area contributed by atoms with Crippen LogP contribution < -0.4 is 19.7 Å². The molecule has 0 unspecified atom stereocenters. The lowest BCUT2D eigenvalue weighted by molar-refractivity contribution is -0.384. The predicted molar refractivity (Wildman–Crippen MR) is 263 cm³/mol. The molecule has 1 saturated heterocycles. The van der Waals surface area contributed by atoms with Crippen LogP contribution in [0, 0.1) is 15.5 Å². The van der Waals surface area contributed by atoms with Crippen LogP contribution in [0.15, 0.2) is 95.7 Å². The van der Waals surface area contributed by atoms with Crippen molar-refractivity contribution in [2.75, 3.05) is 42.9 Å². The quantitative estimate of drug-likeness (QED) is 0.0675. The molecule has 4 fully saturated rings. The molecule has 5 aromatic rings. The lowest BCUT2D eigenvalue weighted by Crippen LogP contribution is -2.47. The number of ether oxygens (including phenoxy) is 1. The largest absolute Gasteiger partial charge is 0.453 e. The number of carbonyl (C=O) groups is 1. The minimum atomic E-state index is -4.58. The maximum atomic E-state index is 14.3. The molecule has 67 heavy (non-hydrogen) atoms. The summed E-state index contributed by atoms with van der Waals surface area (Å²) >= 11 is 6.27. The molecule has 0 atom stereocenters. The molecule has 352 valence electrons. The molecular formula is C51H59ClN8O6S. The van der Waals surface area contributed by atoms with E-state index in [0.717, 1.165) is 93.1 Å². The number of H-pyrrole nitrogens is 1. The number of nitrogens with one attached hydrogen (secondary N) is 3. The third-order valence-corrected chi connectivity index (χ3v) is 16.0. The van der Waals surface area contributed by atoms with Crippen molar-refractivity contribution in [3.05, 3.63) is 117 Å². The van der Waals surface area contributed by atoms with Gasteiger partial charge in [0.15, 0.2) is 5.75 Å². The van der Waals surface area contributed by atoms with Crippen LogP contribution in [0.25, 0.3) is 16.6 Å². The monoisotopic (exact) mass is 946 g/mol. The summed E-state index contributed by atoms with van der Waals surface area (Å²) in [6.07, 6.45) is 15.4. The van der Waals surface area contributed by atoms with Crippen LogP contribution in [-0.2, 0) is 10.0 Å². The zero-order valence-corrected chi connectivity index (χ0v) is 39.8. The average molecular weight is 948 g/mol. The van der Waals surface area contributed by atoms with Crippen LogP contribution in [0.2, 0.25) is 5.02 Å². The summed E-state index contributed by atoms with van der Waals surface area (Å²) < 4.78 is 36.7. The Morgan fingerprint density at radius 3 is 2.33 bits per heavy atom. The lowest BCUT2D eigenvalue weighted by Gasteiger charge is -2.39. The first-order chi connectivity index (χ1) is 32.3. The van der Waals surface area contributed by atoms with Crippen LogP contribution in [0.5, 0.6) is 11.5 Å². The Morgan fingerprint density at radius 2 is 1.64 bits per heavy atom. The van der Waals surface area contributed by atoms with Gasteiger partial charge in [0.2, 0.25) is 0 Å². The van der Waals surface area contributed by atoms with Crippen molar-refractivity contribution in [1.29, 1.82) is 0 Å². The Balaban J connectivity index is 0.863. The van der Waals surface area contributed by atoms with E-state index in [9.17, 15) is 23.3 Å². The number of hydrogen-bond donors (Lipinski definition) is 3. The van der Waals surface area contributed by atoms with E-state index in [2.05, 4.69) is 60.7 Å². The van der Waals surface area contributed by atoms with Gasteiger partial charge in [-0.25, -0.2) is 18.1 Å². The van der Waals surface area contributed by atoms with Crippen molar-refractivity contribution in [1.82, 2.24) is 24.5 Å². The molecule has 16 heteroatoms. The Morgan fingerprint density at radius 1 is 0.940 bits per heavy atom. The topological polar surface area (TPSA) is 166 Å². The number of pyridine rings is 1. The Bertz CT molecular complexity index is 2790. The number of nitrogens with zero attached hydrogens (tertiary/aromatic N) is 5. The average Bonchev–Trinajstić information content (AvgIpc) is 4.27. The fraction of sp³-hybridized carbons (Fsp3) is 0.451. The van der Waals surface area contributed by atoms with E-state index < -0.39 is 20.9 Å². The van der Waals surface area contributed by atoms with E-state index >= 15 is 0 Å². The maximum absolute atomic E-state index is 14.3. The first-order valence-electron chi connectivity index (χ1n) is 23.8. The number of carbonyl (C=O) groups excluding carboxylic acids is 1. The number of nitro groups is 1. The third-order valence-electron chi connectivity index (χ3n) is 14.5. The van der Waals surface area contributed by atoms with Crippen LogP contribution in [0.3, 0.4) is 0 Å². The van der Waals surface area contributed by atoms with Gasteiger partial charge in [0.1, 0.15) is 17.1 Å². The molecule has 1 amide bonds. The number of aromatic nitrogens is 2. The molecule has 5 aliphatic rings. The van der Waals surface area contributed by atoms with E-state index in [1.54, 1.807) is 24.5 Å². The fourth-order valence-corrected chi connectivity index (χ4v) is 11.7. The number of hydrogen-bond acceptors (Lipinski definition) is 11. The normalized spacial score (nSPS) is 21.4. The number of anilines is 2. The number of allylic oxidation sites excluding steroid dienone is 1. The molecule has 3 heterocycles. The molecule has 2 aromatic heterocycles. The molecule has 3 aromatic carbocycles. The second-order valence-electron chi connectivity index (χ2n) is 20.0. The van der Waals surface area contributed by atoms with E-state index in [-0.39, 0.29) is 39.0 Å². The highest BCUT2D eigenvalue weighted by Crippen LogP contribution is 2.45. The number of para-hydroxylation sites is 1. The highest BCUT2D eigenvalue weighted by molar-refractivity contribution is 7.90. The summed E-state index contributed by atoms with van der Waals surface area (Å²) in [5, 5.41) is 17.3. The van der Waals surface area contributed by atoms with Gasteiger partial charge < -0.3 is 19.9 Å². The van der Waals surface area contributed by atoms with Gasteiger partial charge in [0.25, 0.3) is 21.6 Å². The first-order valence-corrected chi connectivity index (χ1v) is 25.7. The van der Waals surface area contributed by atoms with Crippen LogP contribution in [0.1, 0.15) is 100 Å². The van der Waals surface area contributed by atoms with Gasteiger partial charge in [-0.05, 0) is 136 Å². The molecule has 4 aliphatic carbocycles. The third kappa shape index (κ3) is 10.2. The van der Waals surface area contributed by atoms with Crippen molar-refractivity contribution in [2.24, 2.45) is 5.41 Å².